The van der Waals surface area contributed by atoms with Gasteiger partial charge in [0.15, 0.2) is 6.10 Å². The number of amides is 3. The van der Waals surface area contributed by atoms with Gasteiger partial charge in [0.1, 0.15) is 17.5 Å². The number of hydrogen-bond donors (Lipinski definition) is 4. The van der Waals surface area contributed by atoms with Crippen molar-refractivity contribution in [2.24, 2.45) is 0 Å². The molecule has 4 rings (SSSR count). The van der Waals surface area contributed by atoms with Crippen molar-refractivity contribution >= 4 is 29.5 Å². The Morgan fingerprint density at radius 3 is 2.45 bits per heavy atom. The van der Waals surface area contributed by atoms with Gasteiger partial charge in [0.25, 0.3) is 11.8 Å². The Kier molecular flexibility index (Phi) is 9.80. The topological polar surface area (TPSA) is 128 Å². The van der Waals surface area contributed by atoms with Gasteiger partial charge in [-0.15, -0.1) is 11.8 Å². The van der Waals surface area contributed by atoms with Crippen LogP contribution in [0.2, 0.25) is 0 Å². The number of nitrogens with zero attached hydrogens (tertiary/aromatic N) is 1. The number of carbonyl (C=O) groups is 3. The van der Waals surface area contributed by atoms with E-state index >= 15 is 0 Å². The predicted molar refractivity (Wildman–Crippen MR) is 162 cm³/mol. The zero-order valence-electron chi connectivity index (χ0n) is 24.2. The monoisotopic (exact) mass is 591 g/mol. The van der Waals surface area contributed by atoms with Crippen LogP contribution in [-0.2, 0) is 22.6 Å². The molecule has 9 nitrogen and oxygen atoms in total. The number of thioether (sulfide) groups is 1. The molecule has 3 amide bonds. The number of phenols is 1. The summed E-state index contributed by atoms with van der Waals surface area (Å²) < 4.78 is 4.64. The molecule has 0 aromatic heterocycles. The van der Waals surface area contributed by atoms with E-state index in [0.29, 0.717) is 11.3 Å². The summed E-state index contributed by atoms with van der Waals surface area (Å²) in [6.45, 7) is 5.64. The first kappa shape index (κ1) is 30.9. The number of phenolic OH excluding ortho intramolecular Hbond substituents is 1. The van der Waals surface area contributed by atoms with E-state index in [-0.39, 0.29) is 36.1 Å². The maximum atomic E-state index is 13.9. The van der Waals surface area contributed by atoms with E-state index in [4.69, 9.17) is 4.74 Å². The molecule has 3 aromatic carbocycles. The first-order valence-electron chi connectivity index (χ1n) is 13.7. The Hall–Kier alpha value is -4.02. The third kappa shape index (κ3) is 7.06. The number of ether oxygens (including phenoxy) is 1. The summed E-state index contributed by atoms with van der Waals surface area (Å²) in [5, 5.41) is 27.3. The summed E-state index contributed by atoms with van der Waals surface area (Å²) in [4.78, 5) is 42.0. The molecule has 0 aliphatic carbocycles. The minimum Gasteiger partial charge on any atom is -0.508 e. The van der Waals surface area contributed by atoms with Crippen molar-refractivity contribution in [2.75, 3.05) is 13.0 Å². The van der Waals surface area contributed by atoms with Crippen molar-refractivity contribution in [3.05, 3.63) is 95.1 Å². The van der Waals surface area contributed by atoms with Gasteiger partial charge in [-0.25, -0.2) is 0 Å². The molecule has 3 atom stereocenters. The number of methoxy groups -OCH3 is 1. The number of aromatic hydroxyl groups is 1. The number of benzene rings is 3. The number of aliphatic hydroxyl groups excluding tert-OH is 1. The van der Waals surface area contributed by atoms with E-state index in [9.17, 15) is 24.6 Å². The van der Waals surface area contributed by atoms with Crippen LogP contribution in [0, 0.1) is 6.92 Å². The largest absolute Gasteiger partial charge is 0.508 e. The van der Waals surface area contributed by atoms with E-state index < -0.39 is 34.7 Å². The maximum absolute atomic E-state index is 13.9. The van der Waals surface area contributed by atoms with Gasteiger partial charge in [-0.1, -0.05) is 48.5 Å². The molecule has 42 heavy (non-hydrogen) atoms. The van der Waals surface area contributed by atoms with Crippen molar-refractivity contribution in [3.8, 4) is 11.5 Å². The molecule has 222 valence electrons. The Bertz CT molecular complexity index is 1430. The molecule has 0 bridgehead atoms. The van der Waals surface area contributed by atoms with Crippen LogP contribution >= 0.6 is 11.8 Å². The zero-order chi connectivity index (χ0) is 30.4. The average molecular weight is 592 g/mol. The van der Waals surface area contributed by atoms with E-state index in [0.717, 1.165) is 11.1 Å². The van der Waals surface area contributed by atoms with Crippen LogP contribution < -0.4 is 15.4 Å². The highest BCUT2D eigenvalue weighted by molar-refractivity contribution is 8.00. The van der Waals surface area contributed by atoms with Crippen LogP contribution in [0.25, 0.3) is 0 Å². The highest BCUT2D eigenvalue weighted by atomic mass is 32.2. The molecule has 0 spiro atoms. The first-order valence-corrected chi connectivity index (χ1v) is 14.7. The summed E-state index contributed by atoms with van der Waals surface area (Å²) in [5.74, 6) is -0.669. The summed E-state index contributed by atoms with van der Waals surface area (Å²) in [7, 11) is 1.57. The first-order chi connectivity index (χ1) is 20.0. The Morgan fingerprint density at radius 2 is 1.74 bits per heavy atom. The van der Waals surface area contributed by atoms with E-state index in [2.05, 4.69) is 10.6 Å². The molecule has 1 aliphatic rings. The highest BCUT2D eigenvalue weighted by Crippen LogP contribution is 2.40. The lowest BCUT2D eigenvalue weighted by Crippen LogP contribution is -2.58. The fourth-order valence-corrected chi connectivity index (χ4v) is 6.19. The van der Waals surface area contributed by atoms with Crippen molar-refractivity contribution in [2.45, 2.75) is 56.7 Å². The molecule has 1 saturated heterocycles. The lowest BCUT2D eigenvalue weighted by molar-refractivity contribution is -0.147. The van der Waals surface area contributed by atoms with Gasteiger partial charge in [-0.05, 0) is 62.6 Å². The third-order valence-corrected chi connectivity index (χ3v) is 8.85. The number of aliphatic hydroxyl groups is 1. The lowest BCUT2D eigenvalue weighted by atomic mass is 9.96. The van der Waals surface area contributed by atoms with Crippen LogP contribution in [0.1, 0.15) is 40.9 Å². The van der Waals surface area contributed by atoms with Gasteiger partial charge >= 0.3 is 0 Å². The van der Waals surface area contributed by atoms with Crippen LogP contribution in [0.5, 0.6) is 11.5 Å². The van der Waals surface area contributed by atoms with E-state index in [1.54, 1.807) is 26.2 Å². The van der Waals surface area contributed by atoms with Gasteiger partial charge in [-0.2, -0.15) is 0 Å². The zero-order valence-corrected chi connectivity index (χ0v) is 25.0. The summed E-state index contributed by atoms with van der Waals surface area (Å²) in [6.07, 6.45) is -1.45. The van der Waals surface area contributed by atoms with Crippen molar-refractivity contribution < 1.29 is 29.3 Å². The second-order valence-electron chi connectivity index (χ2n) is 10.8. The van der Waals surface area contributed by atoms with Gasteiger partial charge in [0.05, 0.1) is 19.0 Å². The minimum absolute atomic E-state index is 0.0296. The second kappa shape index (κ2) is 13.3. The molecule has 4 N–H and O–H groups in total. The molecule has 3 aromatic rings. The standard InChI is InChI=1S/C32H37N3O6S/c1-20-24(14-9-15-26(20)36)29(38)34-25(17-21-10-6-5-7-11-21)27(37)31(40)35-19-42-32(2,3)28(35)30(39)33-18-22-12-8-13-23(16-22)41-4/h5-16,25,27-28,36-37H,17-19H2,1-4H3,(H,33,39)(H,34,38)/t25-,27+,28-/m1/s1. The normalized spacial score (nSPS) is 17.3. The van der Waals surface area contributed by atoms with Crippen molar-refractivity contribution in [1.82, 2.24) is 15.5 Å². The molecule has 0 saturated carbocycles. The third-order valence-electron chi connectivity index (χ3n) is 7.48. The SMILES string of the molecule is COc1cccc(CNC(=O)[C@H]2N(C(=O)[C@@H](O)[C@@H](Cc3ccccc3)NC(=O)c3cccc(O)c3C)CSC2(C)C)c1. The Balaban J connectivity index is 1.55. The summed E-state index contributed by atoms with van der Waals surface area (Å²) in [5.41, 5.74) is 2.28. The van der Waals surface area contributed by atoms with Crippen LogP contribution in [0.15, 0.2) is 72.8 Å². The molecule has 1 aliphatic heterocycles. The van der Waals surface area contributed by atoms with Crippen LogP contribution in [-0.4, -0.2) is 68.8 Å². The maximum Gasteiger partial charge on any atom is 0.254 e. The average Bonchev–Trinajstić information content (AvgIpc) is 3.31. The predicted octanol–water partition coefficient (Wildman–Crippen LogP) is 3.41. The molecular formula is C32H37N3O6S. The van der Waals surface area contributed by atoms with Crippen LogP contribution in [0.3, 0.4) is 0 Å². The van der Waals surface area contributed by atoms with Gasteiger partial charge in [0.2, 0.25) is 5.91 Å². The summed E-state index contributed by atoms with van der Waals surface area (Å²) in [6, 6.07) is 19.3. The highest BCUT2D eigenvalue weighted by Gasteiger charge is 2.49. The quantitative estimate of drug-likeness (QED) is 0.285. The fourth-order valence-electron chi connectivity index (χ4n) is 5.05. The second-order valence-corrected chi connectivity index (χ2v) is 12.4. The van der Waals surface area contributed by atoms with Crippen molar-refractivity contribution in [1.29, 1.82) is 0 Å². The van der Waals surface area contributed by atoms with Gasteiger partial charge in [-0.3, -0.25) is 14.4 Å². The Labute approximate surface area is 250 Å². The number of rotatable bonds is 10. The molecule has 1 fully saturated rings. The fraction of sp³-hybridized carbons (Fsp3) is 0.344. The van der Waals surface area contributed by atoms with E-state index in [1.807, 2.05) is 68.4 Å². The smallest absolute Gasteiger partial charge is 0.254 e. The van der Waals surface area contributed by atoms with Crippen LogP contribution in [0.4, 0.5) is 0 Å². The molecule has 0 radical (unpaired) electrons. The number of hydrogen-bond acceptors (Lipinski definition) is 7. The van der Waals surface area contributed by atoms with Gasteiger partial charge < -0.3 is 30.5 Å². The van der Waals surface area contributed by atoms with E-state index in [1.165, 1.54) is 22.7 Å². The molecular weight excluding hydrogens is 554 g/mol. The Morgan fingerprint density at radius 1 is 1.05 bits per heavy atom. The van der Waals surface area contributed by atoms with Crippen molar-refractivity contribution in [3.63, 3.8) is 0 Å². The molecule has 0 unspecified atom stereocenters. The van der Waals surface area contributed by atoms with Gasteiger partial charge in [0, 0.05) is 22.4 Å². The molecule has 1 heterocycles. The summed E-state index contributed by atoms with van der Waals surface area (Å²) >= 11 is 1.45. The minimum atomic E-state index is -1.63. The lowest BCUT2D eigenvalue weighted by Gasteiger charge is -2.33. The molecule has 10 heteroatoms. The number of carbonyl (C=O) groups excluding carboxylic acids is 3. The number of nitrogens with one attached hydrogen (secondary N) is 2.